The maximum atomic E-state index is 4.66. The van der Waals surface area contributed by atoms with Gasteiger partial charge in [-0.2, -0.15) is 4.98 Å². The minimum Gasteiger partial charge on any atom is -0.339 e. The SMILES string of the molecule is CSc1ccccc1-c1ncnc(N(C)C2CCNC2)n1.Cl. The Morgan fingerprint density at radius 1 is 1.27 bits per heavy atom. The van der Waals surface area contributed by atoms with Crippen LogP contribution in [0.2, 0.25) is 0 Å². The van der Waals surface area contributed by atoms with Gasteiger partial charge in [-0.25, -0.2) is 9.97 Å². The lowest BCUT2D eigenvalue weighted by Gasteiger charge is -2.23. The van der Waals surface area contributed by atoms with Gasteiger partial charge in [0.15, 0.2) is 5.82 Å². The van der Waals surface area contributed by atoms with Gasteiger partial charge in [0.2, 0.25) is 5.95 Å². The van der Waals surface area contributed by atoms with Crippen LogP contribution in [-0.4, -0.2) is 47.4 Å². The van der Waals surface area contributed by atoms with Crippen LogP contribution in [-0.2, 0) is 0 Å². The van der Waals surface area contributed by atoms with Gasteiger partial charge in [0.05, 0.1) is 0 Å². The quantitative estimate of drug-likeness (QED) is 0.865. The topological polar surface area (TPSA) is 53.9 Å². The third-order valence-corrected chi connectivity index (χ3v) is 4.60. The number of hydrogen-bond acceptors (Lipinski definition) is 6. The predicted molar refractivity (Wildman–Crippen MR) is 94.0 cm³/mol. The highest BCUT2D eigenvalue weighted by Crippen LogP contribution is 2.28. The van der Waals surface area contributed by atoms with E-state index in [1.54, 1.807) is 18.1 Å². The van der Waals surface area contributed by atoms with E-state index in [1.165, 1.54) is 4.90 Å². The molecular weight excluding hydrogens is 318 g/mol. The first-order valence-electron chi connectivity index (χ1n) is 7.05. The molecule has 7 heteroatoms. The van der Waals surface area contributed by atoms with Crippen molar-refractivity contribution in [3.05, 3.63) is 30.6 Å². The molecule has 0 saturated carbocycles. The van der Waals surface area contributed by atoms with Crippen LogP contribution in [0.4, 0.5) is 5.95 Å². The molecule has 3 rings (SSSR count). The van der Waals surface area contributed by atoms with E-state index in [0.29, 0.717) is 6.04 Å². The molecule has 1 unspecified atom stereocenters. The van der Waals surface area contributed by atoms with E-state index in [1.807, 2.05) is 12.1 Å². The van der Waals surface area contributed by atoms with Crippen LogP contribution >= 0.6 is 24.2 Å². The van der Waals surface area contributed by atoms with E-state index < -0.39 is 0 Å². The summed E-state index contributed by atoms with van der Waals surface area (Å²) in [4.78, 5) is 16.7. The molecule has 5 nitrogen and oxygen atoms in total. The van der Waals surface area contributed by atoms with Crippen molar-refractivity contribution in [3.8, 4) is 11.4 Å². The summed E-state index contributed by atoms with van der Waals surface area (Å²) >= 11 is 1.71. The molecule has 1 aromatic heterocycles. The number of likely N-dealkylation sites (N-methyl/N-ethyl adjacent to an activating group) is 1. The van der Waals surface area contributed by atoms with E-state index in [4.69, 9.17) is 0 Å². The van der Waals surface area contributed by atoms with E-state index in [9.17, 15) is 0 Å². The van der Waals surface area contributed by atoms with E-state index in [-0.39, 0.29) is 12.4 Å². The van der Waals surface area contributed by atoms with Crippen LogP contribution in [0.25, 0.3) is 11.4 Å². The number of anilines is 1. The van der Waals surface area contributed by atoms with E-state index in [2.05, 4.69) is 50.6 Å². The average Bonchev–Trinajstić information content (AvgIpc) is 3.08. The van der Waals surface area contributed by atoms with Crippen molar-refractivity contribution in [2.45, 2.75) is 17.4 Å². The highest BCUT2D eigenvalue weighted by Gasteiger charge is 2.21. The Kier molecular flexibility index (Phi) is 5.99. The zero-order valence-electron chi connectivity index (χ0n) is 12.7. The molecule has 0 amide bonds. The number of aromatic nitrogens is 3. The van der Waals surface area contributed by atoms with Crippen LogP contribution in [0.1, 0.15) is 6.42 Å². The molecule has 118 valence electrons. The zero-order valence-corrected chi connectivity index (χ0v) is 14.3. The molecule has 22 heavy (non-hydrogen) atoms. The summed E-state index contributed by atoms with van der Waals surface area (Å²) in [6.07, 6.45) is 4.80. The van der Waals surface area contributed by atoms with Gasteiger partial charge in [0.25, 0.3) is 0 Å². The molecule has 1 N–H and O–H groups in total. The molecule has 0 spiro atoms. The van der Waals surface area contributed by atoms with E-state index in [0.717, 1.165) is 36.8 Å². The fourth-order valence-electron chi connectivity index (χ4n) is 2.55. The van der Waals surface area contributed by atoms with Gasteiger partial charge in [0, 0.05) is 30.1 Å². The number of nitrogens with zero attached hydrogens (tertiary/aromatic N) is 4. The smallest absolute Gasteiger partial charge is 0.228 e. The molecule has 2 aromatic rings. The second-order valence-corrected chi connectivity index (χ2v) is 5.91. The van der Waals surface area contributed by atoms with Crippen LogP contribution in [0.15, 0.2) is 35.5 Å². The summed E-state index contributed by atoms with van der Waals surface area (Å²) in [5.41, 5.74) is 1.06. The van der Waals surface area contributed by atoms with Crippen molar-refractivity contribution in [3.63, 3.8) is 0 Å². The van der Waals surface area contributed by atoms with Crippen LogP contribution in [0.5, 0.6) is 0 Å². The Morgan fingerprint density at radius 3 is 2.82 bits per heavy atom. The van der Waals surface area contributed by atoms with Crippen molar-refractivity contribution < 1.29 is 0 Å². The molecule has 1 atom stereocenters. The highest BCUT2D eigenvalue weighted by atomic mass is 35.5. The Balaban J connectivity index is 0.00000176. The van der Waals surface area contributed by atoms with Crippen molar-refractivity contribution in [2.24, 2.45) is 0 Å². The first-order valence-corrected chi connectivity index (χ1v) is 8.28. The number of halogens is 1. The third kappa shape index (κ3) is 3.51. The predicted octanol–water partition coefficient (Wildman–Crippen LogP) is 2.48. The van der Waals surface area contributed by atoms with Gasteiger partial charge in [-0.3, -0.25) is 0 Å². The number of hydrogen-bond donors (Lipinski definition) is 1. The summed E-state index contributed by atoms with van der Waals surface area (Å²) in [5.74, 6) is 1.48. The summed E-state index contributed by atoms with van der Waals surface area (Å²) in [5, 5.41) is 3.37. The van der Waals surface area contributed by atoms with Gasteiger partial charge >= 0.3 is 0 Å². The van der Waals surface area contributed by atoms with Crippen molar-refractivity contribution in [1.29, 1.82) is 0 Å². The molecule has 1 aromatic carbocycles. The number of benzene rings is 1. The lowest BCUT2D eigenvalue weighted by atomic mass is 10.2. The zero-order chi connectivity index (χ0) is 14.7. The average molecular weight is 338 g/mol. The lowest BCUT2D eigenvalue weighted by molar-refractivity contribution is 0.666. The maximum absolute atomic E-state index is 4.66. The Labute approximate surface area is 141 Å². The Bertz CT molecular complexity index is 618. The summed E-state index contributed by atoms with van der Waals surface area (Å²) in [6.45, 7) is 2.04. The second kappa shape index (κ2) is 7.76. The van der Waals surface area contributed by atoms with E-state index >= 15 is 0 Å². The van der Waals surface area contributed by atoms with Gasteiger partial charge in [-0.1, -0.05) is 18.2 Å². The normalized spacial score (nSPS) is 17.1. The Morgan fingerprint density at radius 2 is 2.09 bits per heavy atom. The molecule has 0 bridgehead atoms. The standard InChI is InChI=1S/C15H19N5S.ClH/c1-20(11-7-8-16-9-11)15-18-10-17-14(19-15)12-5-3-4-6-13(12)21-2;/h3-6,10-11,16H,7-9H2,1-2H3;1H. The summed E-state index contributed by atoms with van der Waals surface area (Å²) in [6, 6.07) is 8.66. The van der Waals surface area contributed by atoms with Gasteiger partial charge in [0.1, 0.15) is 6.33 Å². The molecule has 1 aliphatic rings. The summed E-state index contributed by atoms with van der Waals surface area (Å²) < 4.78 is 0. The molecule has 1 fully saturated rings. The lowest BCUT2D eigenvalue weighted by Crippen LogP contribution is -2.34. The summed E-state index contributed by atoms with van der Waals surface area (Å²) in [7, 11) is 2.05. The van der Waals surface area contributed by atoms with Gasteiger partial charge in [-0.15, -0.1) is 24.2 Å². The number of thioether (sulfide) groups is 1. The first-order chi connectivity index (χ1) is 10.3. The van der Waals surface area contributed by atoms with Crippen molar-refractivity contribution in [1.82, 2.24) is 20.3 Å². The van der Waals surface area contributed by atoms with Crippen molar-refractivity contribution >= 4 is 30.1 Å². The fourth-order valence-corrected chi connectivity index (χ4v) is 3.14. The van der Waals surface area contributed by atoms with Crippen molar-refractivity contribution in [2.75, 3.05) is 31.3 Å². The molecule has 1 saturated heterocycles. The van der Waals surface area contributed by atoms with Gasteiger partial charge < -0.3 is 10.2 Å². The minimum absolute atomic E-state index is 0. The van der Waals surface area contributed by atoms with Crippen LogP contribution in [0.3, 0.4) is 0 Å². The molecule has 2 heterocycles. The third-order valence-electron chi connectivity index (χ3n) is 3.80. The largest absolute Gasteiger partial charge is 0.339 e. The fraction of sp³-hybridized carbons (Fsp3) is 0.400. The highest BCUT2D eigenvalue weighted by molar-refractivity contribution is 7.98. The Hall–Kier alpha value is -1.37. The number of rotatable bonds is 4. The monoisotopic (exact) mass is 337 g/mol. The van der Waals surface area contributed by atoms with Gasteiger partial charge in [-0.05, 0) is 25.3 Å². The molecule has 0 aliphatic carbocycles. The molecular formula is C15H20ClN5S. The first kappa shape index (κ1) is 17.0. The minimum atomic E-state index is 0. The second-order valence-electron chi connectivity index (χ2n) is 5.07. The van der Waals surface area contributed by atoms with Crippen LogP contribution in [0, 0.1) is 0 Å². The molecule has 0 radical (unpaired) electrons. The molecule has 1 aliphatic heterocycles. The maximum Gasteiger partial charge on any atom is 0.228 e. The van der Waals surface area contributed by atoms with Crippen LogP contribution < -0.4 is 10.2 Å². The number of nitrogens with one attached hydrogen (secondary N) is 1.